The first-order valence-electron chi connectivity index (χ1n) is 12.0. The van der Waals surface area contributed by atoms with Crippen LogP contribution in [-0.4, -0.2) is 17.5 Å². The third kappa shape index (κ3) is 3.96. The van der Waals surface area contributed by atoms with Crippen molar-refractivity contribution in [1.29, 1.82) is 0 Å². The van der Waals surface area contributed by atoms with Crippen LogP contribution in [0.1, 0.15) is 54.8 Å². The molecule has 1 aliphatic rings. The lowest BCUT2D eigenvalue weighted by Crippen LogP contribution is -2.09. The van der Waals surface area contributed by atoms with Crippen LogP contribution >= 0.6 is 0 Å². The summed E-state index contributed by atoms with van der Waals surface area (Å²) in [6.45, 7) is 8.49. The number of amides is 1. The van der Waals surface area contributed by atoms with Crippen LogP contribution in [0.2, 0.25) is 0 Å². The van der Waals surface area contributed by atoms with Crippen molar-refractivity contribution in [3.8, 4) is 5.75 Å². The van der Waals surface area contributed by atoms with Crippen molar-refractivity contribution >= 4 is 39.0 Å². The topological polar surface area (TPSA) is 64.4 Å². The normalized spacial score (nSPS) is 13.8. The van der Waals surface area contributed by atoms with E-state index < -0.39 is 0 Å². The van der Waals surface area contributed by atoms with E-state index in [0.717, 1.165) is 74.3 Å². The molecule has 2 heterocycles. The van der Waals surface area contributed by atoms with Gasteiger partial charge in [0.1, 0.15) is 17.1 Å². The number of benzene rings is 2. The molecular weight excluding hydrogens is 424 g/mol. The second-order valence-corrected chi connectivity index (χ2v) is 9.04. The molecule has 0 aliphatic heterocycles. The van der Waals surface area contributed by atoms with Crippen molar-refractivity contribution in [2.24, 2.45) is 0 Å². The summed E-state index contributed by atoms with van der Waals surface area (Å²) >= 11 is 0. The Morgan fingerprint density at radius 3 is 2.79 bits per heavy atom. The van der Waals surface area contributed by atoms with Crippen molar-refractivity contribution in [1.82, 2.24) is 4.98 Å². The maximum Gasteiger partial charge on any atom is 0.248 e. The number of nitrogens with one attached hydrogen (secondary N) is 1. The van der Waals surface area contributed by atoms with Crippen LogP contribution in [0.3, 0.4) is 0 Å². The fraction of sp³-hybridized carbons (Fsp3) is 0.310. The zero-order valence-electron chi connectivity index (χ0n) is 20.2. The van der Waals surface area contributed by atoms with Crippen LogP contribution in [-0.2, 0) is 17.6 Å². The highest BCUT2D eigenvalue weighted by Gasteiger charge is 2.23. The van der Waals surface area contributed by atoms with Crippen LogP contribution in [0, 0.1) is 13.8 Å². The van der Waals surface area contributed by atoms with Crippen LogP contribution in [0.25, 0.3) is 27.4 Å². The number of hydrogen-bond acceptors (Lipinski definition) is 4. The number of hydrogen-bond donors (Lipinski definition) is 1. The van der Waals surface area contributed by atoms with Gasteiger partial charge in [-0.15, -0.1) is 0 Å². The zero-order valence-corrected chi connectivity index (χ0v) is 20.2. The fourth-order valence-corrected chi connectivity index (χ4v) is 4.97. The van der Waals surface area contributed by atoms with E-state index in [4.69, 9.17) is 9.15 Å². The number of ether oxygens (including phenoxy) is 1. The molecule has 0 bridgehead atoms. The van der Waals surface area contributed by atoms with Gasteiger partial charge in [-0.25, -0.2) is 0 Å². The Bertz CT molecular complexity index is 1450. The molecule has 0 saturated heterocycles. The number of carbonyl (C=O) groups is 1. The molecule has 1 amide bonds. The average Bonchev–Trinajstić information content (AvgIpc) is 3.19. The summed E-state index contributed by atoms with van der Waals surface area (Å²) in [7, 11) is 0. The van der Waals surface area contributed by atoms with Crippen molar-refractivity contribution in [2.45, 2.75) is 53.4 Å². The Labute approximate surface area is 199 Å². The van der Waals surface area contributed by atoms with Crippen LogP contribution < -0.4 is 10.1 Å². The monoisotopic (exact) mass is 454 g/mol. The molecule has 5 nitrogen and oxygen atoms in total. The Morgan fingerprint density at radius 1 is 1.15 bits per heavy atom. The summed E-state index contributed by atoms with van der Waals surface area (Å²) in [4.78, 5) is 17.6. The quantitative estimate of drug-likeness (QED) is 0.333. The van der Waals surface area contributed by atoms with Gasteiger partial charge in [-0.2, -0.15) is 0 Å². The molecule has 2 aromatic heterocycles. The summed E-state index contributed by atoms with van der Waals surface area (Å²) in [5.74, 6) is 1.70. The van der Waals surface area contributed by atoms with E-state index in [0.29, 0.717) is 6.61 Å². The van der Waals surface area contributed by atoms with Gasteiger partial charge in [0.2, 0.25) is 5.91 Å². The van der Waals surface area contributed by atoms with Gasteiger partial charge in [-0.05, 0) is 82.9 Å². The number of fused-ring (bicyclic) bond motifs is 4. The number of aryl methyl sites for hydroxylation is 4. The van der Waals surface area contributed by atoms with E-state index >= 15 is 0 Å². The maximum absolute atomic E-state index is 13.0. The first-order chi connectivity index (χ1) is 16.5. The Balaban J connectivity index is 1.53. The summed E-state index contributed by atoms with van der Waals surface area (Å²) in [6.07, 6.45) is 6.02. The summed E-state index contributed by atoms with van der Waals surface area (Å²) in [5.41, 5.74) is 7.56. The van der Waals surface area contributed by atoms with Crippen molar-refractivity contribution < 1.29 is 13.9 Å². The molecule has 0 radical (unpaired) electrons. The molecule has 0 spiro atoms. The lowest BCUT2D eigenvalue weighted by Gasteiger charge is -2.15. The maximum atomic E-state index is 13.0. The molecule has 0 unspecified atom stereocenters. The molecule has 5 rings (SSSR count). The van der Waals surface area contributed by atoms with E-state index in [2.05, 4.69) is 16.4 Å². The SMILES string of the molecule is CCOc1c(/C(C)=C/C(=O)Nc2cccc3nc(C)ccc23)cc2c3c(oc2c1C)CCCC3. The molecule has 0 fully saturated rings. The lowest BCUT2D eigenvalue weighted by atomic mass is 9.93. The number of allylic oxidation sites excluding steroid dienone is 1. The number of carbonyl (C=O) groups excluding carboxylic acids is 1. The Morgan fingerprint density at radius 2 is 1.97 bits per heavy atom. The van der Waals surface area contributed by atoms with Crippen molar-refractivity contribution in [2.75, 3.05) is 11.9 Å². The Hall–Kier alpha value is -3.60. The van der Waals surface area contributed by atoms with Gasteiger partial charge in [0.05, 0.1) is 17.8 Å². The first kappa shape index (κ1) is 22.2. The second kappa shape index (κ2) is 8.98. The van der Waals surface area contributed by atoms with Gasteiger partial charge in [0.25, 0.3) is 0 Å². The van der Waals surface area contributed by atoms with Gasteiger partial charge in [-0.1, -0.05) is 6.07 Å². The highest BCUT2D eigenvalue weighted by molar-refractivity contribution is 6.08. The average molecular weight is 455 g/mol. The largest absolute Gasteiger partial charge is 0.493 e. The van der Waals surface area contributed by atoms with Gasteiger partial charge < -0.3 is 14.5 Å². The summed E-state index contributed by atoms with van der Waals surface area (Å²) in [5, 5.41) is 5.11. The van der Waals surface area contributed by atoms with E-state index in [1.807, 2.05) is 58.0 Å². The number of aromatic nitrogens is 1. The fourth-order valence-electron chi connectivity index (χ4n) is 4.97. The van der Waals surface area contributed by atoms with Gasteiger partial charge in [0.15, 0.2) is 0 Å². The standard InChI is InChI=1S/C29H30N2O3/c1-5-33-28-19(4)29-23(20-9-6-7-12-26(20)34-29)16-22(28)17(2)15-27(32)31-25-11-8-10-24-21(25)14-13-18(3)30-24/h8,10-11,13-16H,5-7,9,12H2,1-4H3,(H,31,32)/b17-15+. The van der Waals surface area contributed by atoms with Gasteiger partial charge in [0, 0.05) is 45.7 Å². The molecule has 0 saturated carbocycles. The van der Waals surface area contributed by atoms with Crippen LogP contribution in [0.15, 0.2) is 46.9 Å². The second-order valence-electron chi connectivity index (χ2n) is 9.04. The molecule has 2 aromatic carbocycles. The van der Waals surface area contributed by atoms with Crippen molar-refractivity contribution in [3.63, 3.8) is 0 Å². The lowest BCUT2D eigenvalue weighted by molar-refractivity contribution is -0.111. The molecular formula is C29H30N2O3. The van der Waals surface area contributed by atoms with Crippen molar-refractivity contribution in [3.05, 3.63) is 70.6 Å². The summed E-state index contributed by atoms with van der Waals surface area (Å²) in [6, 6.07) is 11.9. The number of rotatable bonds is 5. The minimum atomic E-state index is -0.181. The molecule has 4 aromatic rings. The number of furan rings is 1. The van der Waals surface area contributed by atoms with Gasteiger partial charge >= 0.3 is 0 Å². The van der Waals surface area contributed by atoms with Crippen LogP contribution in [0.4, 0.5) is 5.69 Å². The molecule has 34 heavy (non-hydrogen) atoms. The van der Waals surface area contributed by atoms with Crippen LogP contribution in [0.5, 0.6) is 5.75 Å². The predicted octanol–water partition coefficient (Wildman–Crippen LogP) is 6.92. The molecule has 174 valence electrons. The Kier molecular flexibility index (Phi) is 5.86. The van der Waals surface area contributed by atoms with E-state index in [9.17, 15) is 4.79 Å². The first-order valence-corrected chi connectivity index (χ1v) is 12.0. The smallest absolute Gasteiger partial charge is 0.248 e. The minimum Gasteiger partial charge on any atom is -0.493 e. The highest BCUT2D eigenvalue weighted by atomic mass is 16.5. The molecule has 5 heteroatoms. The van der Waals surface area contributed by atoms with E-state index in [-0.39, 0.29) is 5.91 Å². The third-order valence-electron chi connectivity index (χ3n) is 6.62. The summed E-state index contributed by atoms with van der Waals surface area (Å²) < 4.78 is 12.3. The highest BCUT2D eigenvalue weighted by Crippen LogP contribution is 2.41. The molecule has 1 aliphatic carbocycles. The third-order valence-corrected chi connectivity index (χ3v) is 6.62. The number of anilines is 1. The van der Waals surface area contributed by atoms with E-state index in [1.54, 1.807) is 6.08 Å². The predicted molar refractivity (Wildman–Crippen MR) is 138 cm³/mol. The number of pyridine rings is 1. The molecule has 1 N–H and O–H groups in total. The minimum absolute atomic E-state index is 0.181. The number of nitrogens with zero attached hydrogens (tertiary/aromatic N) is 1. The van der Waals surface area contributed by atoms with E-state index in [1.165, 1.54) is 18.4 Å². The molecule has 0 atom stereocenters. The van der Waals surface area contributed by atoms with Gasteiger partial charge in [-0.3, -0.25) is 9.78 Å². The zero-order chi connectivity index (χ0) is 23.8.